The van der Waals surface area contributed by atoms with Crippen molar-refractivity contribution in [3.63, 3.8) is 0 Å². The number of amides is 1. The zero-order chi connectivity index (χ0) is 17.2. The lowest BCUT2D eigenvalue weighted by atomic mass is 9.79. The zero-order valence-corrected chi connectivity index (χ0v) is 14.9. The van der Waals surface area contributed by atoms with Gasteiger partial charge in [-0.1, -0.05) is 38.3 Å². The minimum absolute atomic E-state index is 0.0883. The molecule has 1 spiro atoms. The van der Waals surface area contributed by atoms with Gasteiger partial charge in [0.15, 0.2) is 0 Å². The largest absolute Gasteiger partial charge is 0.336 e. The van der Waals surface area contributed by atoms with E-state index in [1.54, 1.807) is 6.92 Å². The number of halogens is 1. The van der Waals surface area contributed by atoms with Gasteiger partial charge in [-0.2, -0.15) is 0 Å². The topological polar surface area (TPSA) is 23.6 Å². The maximum atomic E-state index is 13.1. The molecular weight excluding hydrogens is 303 g/mol. The molecule has 1 aliphatic heterocycles. The first-order chi connectivity index (χ1) is 11.5. The molecule has 132 valence electrons. The first kappa shape index (κ1) is 17.4. The van der Waals surface area contributed by atoms with Crippen LogP contribution in [0.5, 0.6) is 0 Å². The Morgan fingerprint density at radius 2 is 1.92 bits per heavy atom. The average molecular weight is 332 g/mol. The summed E-state index contributed by atoms with van der Waals surface area (Å²) in [4.78, 5) is 16.8. The summed E-state index contributed by atoms with van der Waals surface area (Å²) in [6, 6.07) is 7.20. The Morgan fingerprint density at radius 1 is 1.25 bits per heavy atom. The molecule has 3 nitrogen and oxygen atoms in total. The molecule has 1 saturated carbocycles. The summed E-state index contributed by atoms with van der Waals surface area (Å²) in [5.74, 6) is 0.0313. The van der Waals surface area contributed by atoms with E-state index in [2.05, 4.69) is 16.7 Å². The van der Waals surface area contributed by atoms with Crippen molar-refractivity contribution >= 4 is 5.91 Å². The number of benzene rings is 1. The molecule has 0 aromatic heterocycles. The SMILES string of the molecule is CCN(Cc1ccc(F)cc1)C1CN(C(C)=O)C2(CCCCC2)C1. The molecule has 0 N–H and O–H groups in total. The Balaban J connectivity index is 1.74. The van der Waals surface area contributed by atoms with Crippen molar-refractivity contribution < 1.29 is 9.18 Å². The number of likely N-dealkylation sites (N-methyl/N-ethyl adjacent to an activating group) is 1. The highest BCUT2D eigenvalue weighted by molar-refractivity contribution is 5.74. The number of nitrogens with zero attached hydrogens (tertiary/aromatic N) is 2. The van der Waals surface area contributed by atoms with Gasteiger partial charge in [0.25, 0.3) is 0 Å². The van der Waals surface area contributed by atoms with Gasteiger partial charge in [0.2, 0.25) is 5.91 Å². The molecule has 3 rings (SSSR count). The van der Waals surface area contributed by atoms with E-state index >= 15 is 0 Å². The van der Waals surface area contributed by atoms with E-state index in [0.29, 0.717) is 6.04 Å². The molecule has 0 bridgehead atoms. The van der Waals surface area contributed by atoms with E-state index in [4.69, 9.17) is 0 Å². The Kier molecular flexibility index (Phi) is 5.24. The van der Waals surface area contributed by atoms with Crippen molar-refractivity contribution in [2.24, 2.45) is 0 Å². The lowest BCUT2D eigenvalue weighted by molar-refractivity contribution is -0.134. The second-order valence-electron chi connectivity index (χ2n) is 7.46. The number of hydrogen-bond donors (Lipinski definition) is 0. The summed E-state index contributed by atoms with van der Waals surface area (Å²) < 4.78 is 13.1. The van der Waals surface area contributed by atoms with E-state index in [1.807, 2.05) is 12.1 Å². The molecular formula is C20H29FN2O. The number of carbonyl (C=O) groups excluding carboxylic acids is 1. The first-order valence-electron chi connectivity index (χ1n) is 9.31. The molecule has 24 heavy (non-hydrogen) atoms. The molecule has 1 aromatic rings. The van der Waals surface area contributed by atoms with Gasteiger partial charge < -0.3 is 4.90 Å². The fraction of sp³-hybridized carbons (Fsp3) is 0.650. The summed E-state index contributed by atoms with van der Waals surface area (Å²) in [6.45, 7) is 6.50. The molecule has 0 radical (unpaired) electrons. The van der Waals surface area contributed by atoms with Crippen LogP contribution in [0, 0.1) is 5.82 Å². The number of carbonyl (C=O) groups is 1. The number of hydrogen-bond acceptors (Lipinski definition) is 2. The van der Waals surface area contributed by atoms with Gasteiger partial charge in [0.05, 0.1) is 0 Å². The Hall–Kier alpha value is -1.42. The van der Waals surface area contributed by atoms with Crippen molar-refractivity contribution in [3.8, 4) is 0 Å². The summed E-state index contributed by atoms with van der Waals surface area (Å²) in [5.41, 5.74) is 1.22. The predicted molar refractivity (Wildman–Crippen MR) is 94.1 cm³/mol. The highest BCUT2D eigenvalue weighted by Gasteiger charge is 2.48. The Morgan fingerprint density at radius 3 is 2.50 bits per heavy atom. The third kappa shape index (κ3) is 3.49. The van der Waals surface area contributed by atoms with Crippen LogP contribution in [0.25, 0.3) is 0 Å². The lowest BCUT2D eigenvalue weighted by Gasteiger charge is -2.41. The average Bonchev–Trinajstić information content (AvgIpc) is 2.94. The second kappa shape index (κ2) is 7.22. The van der Waals surface area contributed by atoms with Gasteiger partial charge in [-0.05, 0) is 43.5 Å². The normalized spacial score (nSPS) is 23.2. The minimum atomic E-state index is -0.188. The minimum Gasteiger partial charge on any atom is -0.336 e. The van der Waals surface area contributed by atoms with E-state index < -0.39 is 0 Å². The maximum Gasteiger partial charge on any atom is 0.219 e. The van der Waals surface area contributed by atoms with E-state index in [-0.39, 0.29) is 17.3 Å². The van der Waals surface area contributed by atoms with E-state index in [9.17, 15) is 9.18 Å². The fourth-order valence-electron chi connectivity index (χ4n) is 4.73. The molecule has 2 aliphatic rings. The van der Waals surface area contributed by atoms with Crippen LogP contribution in [0.4, 0.5) is 4.39 Å². The van der Waals surface area contributed by atoms with Crippen molar-refractivity contribution in [1.82, 2.24) is 9.80 Å². The van der Waals surface area contributed by atoms with Crippen LogP contribution in [0.15, 0.2) is 24.3 Å². The molecule has 1 heterocycles. The van der Waals surface area contributed by atoms with E-state index in [1.165, 1.54) is 31.4 Å². The van der Waals surface area contributed by atoms with Crippen molar-refractivity contribution in [1.29, 1.82) is 0 Å². The Bertz CT molecular complexity index is 566. The van der Waals surface area contributed by atoms with Crippen LogP contribution < -0.4 is 0 Å². The van der Waals surface area contributed by atoms with Crippen LogP contribution in [-0.4, -0.2) is 40.4 Å². The third-order valence-corrected chi connectivity index (χ3v) is 5.97. The molecule has 1 unspecified atom stereocenters. The molecule has 1 saturated heterocycles. The van der Waals surface area contributed by atoms with Crippen molar-refractivity contribution in [2.75, 3.05) is 13.1 Å². The summed E-state index contributed by atoms with van der Waals surface area (Å²) in [6.07, 6.45) is 7.16. The summed E-state index contributed by atoms with van der Waals surface area (Å²) in [7, 11) is 0. The second-order valence-corrected chi connectivity index (χ2v) is 7.46. The highest BCUT2D eigenvalue weighted by Crippen LogP contribution is 2.43. The summed E-state index contributed by atoms with van der Waals surface area (Å²) >= 11 is 0. The quantitative estimate of drug-likeness (QED) is 0.833. The standard InChI is InChI=1S/C20H29FN2O/c1-3-22(14-17-7-9-18(21)10-8-17)19-13-20(11-5-4-6-12-20)23(15-19)16(2)24/h7-10,19H,3-6,11-15H2,1-2H3. The van der Waals surface area contributed by atoms with Crippen molar-refractivity contribution in [3.05, 3.63) is 35.6 Å². The molecule has 4 heteroatoms. The van der Waals surface area contributed by atoms with Gasteiger partial charge >= 0.3 is 0 Å². The number of likely N-dealkylation sites (tertiary alicyclic amines) is 1. The zero-order valence-electron chi connectivity index (χ0n) is 14.9. The van der Waals surface area contributed by atoms with Crippen LogP contribution in [0.2, 0.25) is 0 Å². The van der Waals surface area contributed by atoms with Gasteiger partial charge in [-0.3, -0.25) is 9.69 Å². The van der Waals surface area contributed by atoms with Crippen LogP contribution in [0.3, 0.4) is 0 Å². The molecule has 1 amide bonds. The monoisotopic (exact) mass is 332 g/mol. The van der Waals surface area contributed by atoms with E-state index in [0.717, 1.165) is 44.5 Å². The van der Waals surface area contributed by atoms with Crippen LogP contribution in [-0.2, 0) is 11.3 Å². The highest BCUT2D eigenvalue weighted by atomic mass is 19.1. The van der Waals surface area contributed by atoms with Crippen molar-refractivity contribution in [2.45, 2.75) is 70.5 Å². The predicted octanol–water partition coefficient (Wildman–Crippen LogP) is 3.97. The smallest absolute Gasteiger partial charge is 0.219 e. The van der Waals surface area contributed by atoms with Gasteiger partial charge in [0, 0.05) is 31.6 Å². The molecule has 1 aliphatic carbocycles. The fourth-order valence-corrected chi connectivity index (χ4v) is 4.73. The first-order valence-corrected chi connectivity index (χ1v) is 9.31. The molecule has 2 fully saturated rings. The van der Waals surface area contributed by atoms with Crippen LogP contribution >= 0.6 is 0 Å². The van der Waals surface area contributed by atoms with Gasteiger partial charge in [0.1, 0.15) is 5.82 Å². The van der Waals surface area contributed by atoms with Crippen LogP contribution in [0.1, 0.15) is 57.9 Å². The van der Waals surface area contributed by atoms with Gasteiger partial charge in [-0.25, -0.2) is 4.39 Å². The Labute approximate surface area is 144 Å². The maximum absolute atomic E-state index is 13.1. The molecule has 1 aromatic carbocycles. The summed E-state index contributed by atoms with van der Waals surface area (Å²) in [5, 5.41) is 0. The van der Waals surface area contributed by atoms with Gasteiger partial charge in [-0.15, -0.1) is 0 Å². The third-order valence-electron chi connectivity index (χ3n) is 5.97. The molecule has 1 atom stereocenters. The lowest BCUT2D eigenvalue weighted by Crippen LogP contribution is -2.47. The number of rotatable bonds is 4.